The third kappa shape index (κ3) is 4.83. The highest BCUT2D eigenvalue weighted by atomic mass is 28.3. The van der Waals surface area contributed by atoms with Gasteiger partial charge < -0.3 is 4.74 Å². The van der Waals surface area contributed by atoms with Crippen LogP contribution < -0.4 is 4.74 Å². The summed E-state index contributed by atoms with van der Waals surface area (Å²) < 4.78 is 6.14. The van der Waals surface area contributed by atoms with Crippen molar-refractivity contribution in [2.24, 2.45) is 0 Å². The van der Waals surface area contributed by atoms with Gasteiger partial charge in [0.2, 0.25) is 0 Å². The molecule has 0 aliphatic carbocycles. The summed E-state index contributed by atoms with van der Waals surface area (Å²) in [5.74, 6) is 8.67. The third-order valence-electron chi connectivity index (χ3n) is 3.91. The highest BCUT2D eigenvalue weighted by Gasteiger charge is 2.24. The maximum atomic E-state index is 6.14. The number of hydrogen-bond donors (Lipinski definition) is 0. The molecule has 0 unspecified atom stereocenters. The van der Waals surface area contributed by atoms with E-state index in [1.807, 2.05) is 36.4 Å². The minimum Gasteiger partial charge on any atom is -0.456 e. The fourth-order valence-corrected chi connectivity index (χ4v) is 3.71. The first-order chi connectivity index (χ1) is 12.6. The standard InChI is InChI=1S/C24H26OSi2/c1-26(2,3)17-15-19(16-18-27(4,5)6)24-20-11-7-9-13-22(20)25-23-14-10-8-12-21(23)24/h7-14H,1-6H3. The molecule has 0 atom stereocenters. The zero-order valence-corrected chi connectivity index (χ0v) is 19.0. The van der Waals surface area contributed by atoms with Gasteiger partial charge in [-0.15, -0.1) is 11.1 Å². The molecule has 3 rings (SSSR count). The van der Waals surface area contributed by atoms with Crippen molar-refractivity contribution in [2.75, 3.05) is 0 Å². The summed E-state index contributed by atoms with van der Waals surface area (Å²) in [6.07, 6.45) is 0. The van der Waals surface area contributed by atoms with E-state index in [4.69, 9.17) is 4.74 Å². The zero-order valence-electron chi connectivity index (χ0n) is 17.0. The van der Waals surface area contributed by atoms with Gasteiger partial charge in [0, 0.05) is 16.7 Å². The molecule has 1 nitrogen and oxygen atoms in total. The van der Waals surface area contributed by atoms with Crippen molar-refractivity contribution < 1.29 is 4.74 Å². The average molecular weight is 387 g/mol. The molecular formula is C24H26OSi2. The number of para-hydroxylation sites is 2. The summed E-state index contributed by atoms with van der Waals surface area (Å²) in [6, 6.07) is 16.3. The summed E-state index contributed by atoms with van der Waals surface area (Å²) in [4.78, 5) is 0. The molecular weight excluding hydrogens is 360 g/mol. The van der Waals surface area contributed by atoms with Crippen LogP contribution in [0.4, 0.5) is 0 Å². The van der Waals surface area contributed by atoms with Crippen molar-refractivity contribution in [3.8, 4) is 34.4 Å². The molecule has 0 saturated heterocycles. The van der Waals surface area contributed by atoms with Crippen LogP contribution in [0.1, 0.15) is 11.1 Å². The number of hydrogen-bond acceptors (Lipinski definition) is 1. The molecule has 0 aromatic heterocycles. The lowest BCUT2D eigenvalue weighted by Crippen LogP contribution is -2.17. The Morgan fingerprint density at radius 1 is 0.667 bits per heavy atom. The summed E-state index contributed by atoms with van der Waals surface area (Å²) in [5, 5.41) is 0. The Labute approximate surface area is 165 Å². The highest BCUT2D eigenvalue weighted by Crippen LogP contribution is 2.44. The van der Waals surface area contributed by atoms with Gasteiger partial charge in [-0.1, -0.05) is 87.5 Å². The molecule has 1 heterocycles. The van der Waals surface area contributed by atoms with Crippen LogP contribution in [0.3, 0.4) is 0 Å². The van der Waals surface area contributed by atoms with Gasteiger partial charge in [0.1, 0.15) is 27.6 Å². The molecule has 0 amide bonds. The molecule has 2 aromatic rings. The van der Waals surface area contributed by atoms with Gasteiger partial charge in [-0.3, -0.25) is 0 Å². The summed E-state index contributed by atoms with van der Waals surface area (Å²) in [7, 11) is -3.05. The van der Waals surface area contributed by atoms with Crippen LogP contribution in [0, 0.1) is 22.9 Å². The Bertz CT molecular complexity index is 945. The number of rotatable bonds is 0. The fourth-order valence-electron chi connectivity index (χ4n) is 2.71. The molecule has 1 aliphatic heterocycles. The lowest BCUT2D eigenvalue weighted by atomic mass is 9.90. The highest BCUT2D eigenvalue weighted by molar-refractivity contribution is 6.84. The van der Waals surface area contributed by atoms with E-state index in [9.17, 15) is 0 Å². The first kappa shape index (κ1) is 19.3. The van der Waals surface area contributed by atoms with Crippen LogP contribution >= 0.6 is 0 Å². The van der Waals surface area contributed by atoms with E-state index in [0.29, 0.717) is 0 Å². The van der Waals surface area contributed by atoms with Crippen LogP contribution in [0.2, 0.25) is 39.3 Å². The Balaban J connectivity index is 2.35. The average Bonchev–Trinajstić information content (AvgIpc) is 2.58. The van der Waals surface area contributed by atoms with Gasteiger partial charge >= 0.3 is 0 Å². The first-order valence-corrected chi connectivity index (χ1v) is 16.3. The Morgan fingerprint density at radius 3 is 1.48 bits per heavy atom. The molecule has 0 spiro atoms. The van der Waals surface area contributed by atoms with Crippen molar-refractivity contribution in [3.63, 3.8) is 0 Å². The van der Waals surface area contributed by atoms with E-state index in [-0.39, 0.29) is 0 Å². The van der Waals surface area contributed by atoms with Crippen molar-refractivity contribution in [1.82, 2.24) is 0 Å². The van der Waals surface area contributed by atoms with E-state index in [2.05, 4.69) is 74.3 Å². The van der Waals surface area contributed by atoms with Crippen molar-refractivity contribution in [1.29, 1.82) is 0 Å². The van der Waals surface area contributed by atoms with Gasteiger partial charge in [0.05, 0.1) is 5.57 Å². The molecule has 27 heavy (non-hydrogen) atoms. The number of fused-ring (bicyclic) bond motifs is 2. The molecule has 2 aromatic carbocycles. The lowest BCUT2D eigenvalue weighted by Gasteiger charge is -2.23. The normalized spacial score (nSPS) is 12.4. The van der Waals surface area contributed by atoms with E-state index in [0.717, 1.165) is 33.8 Å². The van der Waals surface area contributed by atoms with E-state index < -0.39 is 16.1 Å². The number of benzene rings is 2. The fraction of sp³-hybridized carbons (Fsp3) is 0.250. The van der Waals surface area contributed by atoms with Gasteiger partial charge in [-0.05, 0) is 12.1 Å². The van der Waals surface area contributed by atoms with E-state index in [1.165, 1.54) is 0 Å². The summed E-state index contributed by atoms with van der Waals surface area (Å²) >= 11 is 0. The van der Waals surface area contributed by atoms with Crippen LogP contribution in [0.15, 0.2) is 54.1 Å². The van der Waals surface area contributed by atoms with Crippen LogP contribution in [-0.4, -0.2) is 16.1 Å². The Kier molecular flexibility index (Phi) is 5.20. The lowest BCUT2D eigenvalue weighted by molar-refractivity contribution is 0.474. The maximum absolute atomic E-state index is 6.14. The van der Waals surface area contributed by atoms with Gasteiger partial charge in [0.15, 0.2) is 0 Å². The molecule has 0 fully saturated rings. The minimum atomic E-state index is -1.52. The smallest absolute Gasteiger partial charge is 0.135 e. The first-order valence-electron chi connectivity index (χ1n) is 9.31. The van der Waals surface area contributed by atoms with Crippen molar-refractivity contribution in [3.05, 3.63) is 65.2 Å². The third-order valence-corrected chi connectivity index (χ3v) is 5.66. The predicted octanol–water partition coefficient (Wildman–Crippen LogP) is 6.36. The van der Waals surface area contributed by atoms with Gasteiger partial charge in [-0.25, -0.2) is 0 Å². The van der Waals surface area contributed by atoms with Crippen molar-refractivity contribution >= 4 is 21.7 Å². The molecule has 0 radical (unpaired) electrons. The number of allylic oxidation sites excluding steroid dienone is 1. The molecule has 0 bridgehead atoms. The topological polar surface area (TPSA) is 9.23 Å². The second kappa shape index (κ2) is 7.27. The second-order valence-electron chi connectivity index (χ2n) is 8.84. The molecule has 0 saturated carbocycles. The van der Waals surface area contributed by atoms with E-state index >= 15 is 0 Å². The molecule has 136 valence electrons. The summed E-state index contributed by atoms with van der Waals surface area (Å²) in [6.45, 7) is 13.6. The quantitative estimate of drug-likeness (QED) is 0.323. The number of ether oxygens (including phenoxy) is 1. The van der Waals surface area contributed by atoms with Crippen LogP contribution in [0.25, 0.3) is 5.57 Å². The molecule has 0 N–H and O–H groups in total. The van der Waals surface area contributed by atoms with Gasteiger partial charge in [0.25, 0.3) is 0 Å². The largest absolute Gasteiger partial charge is 0.456 e. The second-order valence-corrected chi connectivity index (χ2v) is 18.3. The van der Waals surface area contributed by atoms with E-state index in [1.54, 1.807) is 0 Å². The molecule has 1 aliphatic rings. The van der Waals surface area contributed by atoms with Crippen LogP contribution in [0.5, 0.6) is 11.5 Å². The SMILES string of the molecule is C[Si](C)(C)C#CC(C#C[Si](C)(C)C)=C1c2ccccc2Oc2ccccc21. The predicted molar refractivity (Wildman–Crippen MR) is 121 cm³/mol. The molecule has 3 heteroatoms. The van der Waals surface area contributed by atoms with Gasteiger partial charge in [-0.2, -0.15) is 0 Å². The Morgan fingerprint density at radius 2 is 1.07 bits per heavy atom. The van der Waals surface area contributed by atoms with Crippen LogP contribution in [-0.2, 0) is 0 Å². The van der Waals surface area contributed by atoms with Crippen molar-refractivity contribution in [2.45, 2.75) is 39.3 Å². The monoisotopic (exact) mass is 386 g/mol. The Hall–Kier alpha value is -2.47. The maximum Gasteiger partial charge on any atom is 0.135 e. The summed E-state index contributed by atoms with van der Waals surface area (Å²) in [5.41, 5.74) is 11.2. The zero-order chi connectivity index (χ0) is 19.7. The minimum absolute atomic E-state index is 0.869.